The first-order valence-electron chi connectivity index (χ1n) is 5.92. The highest BCUT2D eigenvalue weighted by Crippen LogP contribution is 2.20. The van der Waals surface area contributed by atoms with E-state index in [1.807, 2.05) is 18.0 Å². The van der Waals surface area contributed by atoms with Gasteiger partial charge in [-0.25, -0.2) is 8.78 Å². The third-order valence-corrected chi connectivity index (χ3v) is 3.59. The fourth-order valence-electron chi connectivity index (χ4n) is 1.91. The monoisotopic (exact) mass is 325 g/mol. The quantitative estimate of drug-likeness (QED) is 0.807. The van der Waals surface area contributed by atoms with Gasteiger partial charge in [0.15, 0.2) is 0 Å². The molecular formula is C15H14BrF2N. The van der Waals surface area contributed by atoms with E-state index in [2.05, 4.69) is 15.9 Å². The number of nitrogens with zero attached hydrogens (tertiary/aromatic N) is 1. The molecule has 2 aromatic rings. The number of hydrogen-bond acceptors (Lipinski definition) is 1. The van der Waals surface area contributed by atoms with E-state index in [9.17, 15) is 8.78 Å². The molecule has 0 aliphatic carbocycles. The Morgan fingerprint density at radius 2 is 1.68 bits per heavy atom. The third kappa shape index (κ3) is 3.85. The highest BCUT2D eigenvalue weighted by Gasteiger charge is 2.08. The molecule has 0 aromatic heterocycles. The zero-order chi connectivity index (χ0) is 13.8. The first-order valence-corrected chi connectivity index (χ1v) is 6.71. The molecule has 0 saturated heterocycles. The van der Waals surface area contributed by atoms with Crippen molar-refractivity contribution in [1.29, 1.82) is 0 Å². The summed E-state index contributed by atoms with van der Waals surface area (Å²) in [5.74, 6) is -0.472. The largest absolute Gasteiger partial charge is 0.298 e. The van der Waals surface area contributed by atoms with Crippen LogP contribution in [0.15, 0.2) is 46.9 Å². The summed E-state index contributed by atoms with van der Waals surface area (Å²) in [6, 6.07) is 11.3. The summed E-state index contributed by atoms with van der Waals surface area (Å²) in [6.07, 6.45) is 0. The van der Waals surface area contributed by atoms with Crippen LogP contribution in [0, 0.1) is 11.6 Å². The average molecular weight is 326 g/mol. The number of hydrogen-bond donors (Lipinski definition) is 0. The van der Waals surface area contributed by atoms with Crippen LogP contribution >= 0.6 is 15.9 Å². The normalized spacial score (nSPS) is 11.0. The number of halogens is 3. The van der Waals surface area contributed by atoms with Crippen molar-refractivity contribution in [3.05, 3.63) is 69.7 Å². The van der Waals surface area contributed by atoms with E-state index in [1.165, 1.54) is 18.2 Å². The molecular weight excluding hydrogens is 312 g/mol. The van der Waals surface area contributed by atoms with E-state index >= 15 is 0 Å². The molecule has 0 N–H and O–H groups in total. The Morgan fingerprint density at radius 3 is 2.37 bits per heavy atom. The molecule has 0 heterocycles. The SMILES string of the molecule is CN(Cc1ccccc1F)Cc1ccc(F)cc1Br. The lowest BCUT2D eigenvalue weighted by Gasteiger charge is -2.18. The molecule has 0 atom stereocenters. The summed E-state index contributed by atoms with van der Waals surface area (Å²) >= 11 is 3.33. The molecule has 0 radical (unpaired) electrons. The van der Waals surface area contributed by atoms with Gasteiger partial charge in [-0.3, -0.25) is 4.90 Å². The Kier molecular flexibility index (Phi) is 4.66. The topological polar surface area (TPSA) is 3.24 Å². The lowest BCUT2D eigenvalue weighted by Crippen LogP contribution is -2.18. The minimum Gasteiger partial charge on any atom is -0.298 e. The van der Waals surface area contributed by atoms with Crippen LogP contribution in [0.4, 0.5) is 8.78 Å². The second-order valence-electron chi connectivity index (χ2n) is 4.50. The smallest absolute Gasteiger partial charge is 0.127 e. The van der Waals surface area contributed by atoms with E-state index in [-0.39, 0.29) is 11.6 Å². The van der Waals surface area contributed by atoms with E-state index in [1.54, 1.807) is 18.2 Å². The van der Waals surface area contributed by atoms with E-state index in [4.69, 9.17) is 0 Å². The average Bonchev–Trinajstić information content (AvgIpc) is 2.36. The zero-order valence-electron chi connectivity index (χ0n) is 10.5. The van der Waals surface area contributed by atoms with Gasteiger partial charge < -0.3 is 0 Å². The third-order valence-electron chi connectivity index (χ3n) is 2.85. The van der Waals surface area contributed by atoms with Crippen LogP contribution in [0.3, 0.4) is 0 Å². The Bertz CT molecular complexity index is 572. The molecule has 19 heavy (non-hydrogen) atoms. The van der Waals surface area contributed by atoms with Gasteiger partial charge in [0.2, 0.25) is 0 Å². The van der Waals surface area contributed by atoms with Crippen molar-refractivity contribution in [2.45, 2.75) is 13.1 Å². The minimum absolute atomic E-state index is 0.201. The fraction of sp³-hybridized carbons (Fsp3) is 0.200. The molecule has 0 saturated carbocycles. The summed E-state index contributed by atoms with van der Waals surface area (Å²) < 4.78 is 27.3. The maximum absolute atomic E-state index is 13.5. The molecule has 0 amide bonds. The predicted molar refractivity (Wildman–Crippen MR) is 75.7 cm³/mol. The Morgan fingerprint density at radius 1 is 1.00 bits per heavy atom. The zero-order valence-corrected chi connectivity index (χ0v) is 12.1. The molecule has 0 spiro atoms. The molecule has 0 bridgehead atoms. The van der Waals surface area contributed by atoms with Crippen molar-refractivity contribution in [2.75, 3.05) is 7.05 Å². The van der Waals surface area contributed by atoms with Crippen molar-refractivity contribution in [2.24, 2.45) is 0 Å². The van der Waals surface area contributed by atoms with E-state index < -0.39 is 0 Å². The maximum Gasteiger partial charge on any atom is 0.127 e. The van der Waals surface area contributed by atoms with Gasteiger partial charge in [0.25, 0.3) is 0 Å². The summed E-state index contributed by atoms with van der Waals surface area (Å²) in [4.78, 5) is 1.98. The predicted octanol–water partition coefficient (Wildman–Crippen LogP) is 4.36. The van der Waals surface area contributed by atoms with Crippen molar-refractivity contribution in [1.82, 2.24) is 4.90 Å². The first kappa shape index (κ1) is 14.2. The van der Waals surface area contributed by atoms with E-state index in [0.29, 0.717) is 18.7 Å². The second-order valence-corrected chi connectivity index (χ2v) is 5.35. The van der Waals surface area contributed by atoms with Crippen LogP contribution in [0.5, 0.6) is 0 Å². The molecule has 4 heteroatoms. The number of benzene rings is 2. The Labute approximate surface area is 120 Å². The maximum atomic E-state index is 13.5. The van der Waals surface area contributed by atoms with Crippen molar-refractivity contribution >= 4 is 15.9 Å². The van der Waals surface area contributed by atoms with Gasteiger partial charge in [0, 0.05) is 23.1 Å². The summed E-state index contributed by atoms with van der Waals surface area (Å²) in [5.41, 5.74) is 1.63. The molecule has 0 aliphatic heterocycles. The lowest BCUT2D eigenvalue weighted by atomic mass is 10.1. The Hall–Kier alpha value is -1.26. The van der Waals surface area contributed by atoms with Gasteiger partial charge in [0.05, 0.1) is 0 Å². The molecule has 0 fully saturated rings. The van der Waals surface area contributed by atoms with Gasteiger partial charge in [0.1, 0.15) is 11.6 Å². The summed E-state index contributed by atoms with van der Waals surface area (Å²) in [6.45, 7) is 1.13. The molecule has 2 aromatic carbocycles. The van der Waals surface area contributed by atoms with Crippen molar-refractivity contribution in [3.63, 3.8) is 0 Å². The summed E-state index contributed by atoms with van der Waals surface area (Å²) in [5, 5.41) is 0. The second kappa shape index (κ2) is 6.26. The lowest BCUT2D eigenvalue weighted by molar-refractivity contribution is 0.313. The van der Waals surface area contributed by atoms with Gasteiger partial charge in [-0.15, -0.1) is 0 Å². The first-order chi connectivity index (χ1) is 9.06. The standard InChI is InChI=1S/C15H14BrF2N/c1-19(10-12-4-2-3-5-15(12)18)9-11-6-7-13(17)8-14(11)16/h2-8H,9-10H2,1H3. The van der Waals surface area contributed by atoms with Gasteiger partial charge >= 0.3 is 0 Å². The van der Waals surface area contributed by atoms with Gasteiger partial charge in [-0.1, -0.05) is 40.2 Å². The number of rotatable bonds is 4. The van der Waals surface area contributed by atoms with E-state index in [0.717, 1.165) is 10.0 Å². The van der Waals surface area contributed by atoms with Gasteiger partial charge in [-0.05, 0) is 30.8 Å². The highest BCUT2D eigenvalue weighted by atomic mass is 79.9. The van der Waals surface area contributed by atoms with Crippen molar-refractivity contribution in [3.8, 4) is 0 Å². The molecule has 0 aliphatic rings. The van der Waals surface area contributed by atoms with Gasteiger partial charge in [-0.2, -0.15) is 0 Å². The highest BCUT2D eigenvalue weighted by molar-refractivity contribution is 9.10. The minimum atomic E-state index is -0.271. The van der Waals surface area contributed by atoms with Crippen LogP contribution in [0.2, 0.25) is 0 Å². The van der Waals surface area contributed by atoms with Crippen LogP contribution in [-0.2, 0) is 13.1 Å². The van der Waals surface area contributed by atoms with Crippen LogP contribution in [-0.4, -0.2) is 11.9 Å². The Balaban J connectivity index is 2.05. The van der Waals surface area contributed by atoms with Crippen LogP contribution in [0.1, 0.15) is 11.1 Å². The summed E-state index contributed by atoms with van der Waals surface area (Å²) in [7, 11) is 1.90. The molecule has 1 nitrogen and oxygen atoms in total. The fourth-order valence-corrected chi connectivity index (χ4v) is 2.39. The van der Waals surface area contributed by atoms with Crippen LogP contribution in [0.25, 0.3) is 0 Å². The molecule has 0 unspecified atom stereocenters. The molecule has 100 valence electrons. The van der Waals surface area contributed by atoms with Crippen LogP contribution < -0.4 is 0 Å². The van der Waals surface area contributed by atoms with Crippen molar-refractivity contribution < 1.29 is 8.78 Å². The molecule has 2 rings (SSSR count).